The molecule has 0 fully saturated rings. The number of halogens is 3. The van der Waals surface area contributed by atoms with E-state index in [4.69, 9.17) is 40.2 Å². The summed E-state index contributed by atoms with van der Waals surface area (Å²) in [4.78, 5) is 11.8. The SMILES string of the molecule is O=C(CCCOc1ccc(Cl)cc1Cl)NC(=S)Nc1ccccc1F. The van der Waals surface area contributed by atoms with E-state index < -0.39 is 5.82 Å². The number of carbonyl (C=O) groups is 1. The molecule has 0 unspecified atom stereocenters. The fourth-order valence-corrected chi connectivity index (χ4v) is 2.60. The van der Waals surface area contributed by atoms with Gasteiger partial charge in [0.1, 0.15) is 11.6 Å². The standard InChI is InChI=1S/C17H15Cl2FN2O2S/c18-11-7-8-15(12(19)10-11)24-9-3-6-16(23)22-17(25)21-14-5-2-1-4-13(14)20/h1-2,4-5,7-8,10H,3,6,9H2,(H2,21,22,23,25). The largest absolute Gasteiger partial charge is 0.492 e. The molecular weight excluding hydrogens is 386 g/mol. The number of hydrogen-bond acceptors (Lipinski definition) is 3. The maximum Gasteiger partial charge on any atom is 0.226 e. The molecule has 0 heterocycles. The Bertz CT molecular complexity index is 774. The van der Waals surface area contributed by atoms with Crippen molar-refractivity contribution in [2.75, 3.05) is 11.9 Å². The molecule has 0 aliphatic carbocycles. The zero-order valence-electron chi connectivity index (χ0n) is 13.0. The van der Waals surface area contributed by atoms with Crippen LogP contribution in [0.4, 0.5) is 10.1 Å². The number of thiocarbonyl (C=S) groups is 1. The maximum atomic E-state index is 13.5. The molecule has 4 nitrogen and oxygen atoms in total. The molecule has 132 valence electrons. The minimum absolute atomic E-state index is 0.0387. The van der Waals surface area contributed by atoms with Crippen molar-refractivity contribution in [3.05, 3.63) is 58.3 Å². The minimum Gasteiger partial charge on any atom is -0.492 e. The van der Waals surface area contributed by atoms with Crippen LogP contribution in [0.5, 0.6) is 5.75 Å². The molecule has 0 bridgehead atoms. The molecule has 0 aromatic heterocycles. The van der Waals surface area contributed by atoms with Gasteiger partial charge < -0.3 is 15.4 Å². The lowest BCUT2D eigenvalue weighted by Gasteiger charge is -2.11. The van der Waals surface area contributed by atoms with Gasteiger partial charge in [0.15, 0.2) is 5.11 Å². The maximum absolute atomic E-state index is 13.5. The molecule has 2 aromatic carbocycles. The molecule has 0 radical (unpaired) electrons. The average Bonchev–Trinajstić information content (AvgIpc) is 2.55. The summed E-state index contributed by atoms with van der Waals surface area (Å²) in [5, 5.41) is 6.09. The molecule has 0 aliphatic rings. The number of rotatable bonds is 6. The van der Waals surface area contributed by atoms with Gasteiger partial charge in [0, 0.05) is 11.4 Å². The highest BCUT2D eigenvalue weighted by Gasteiger charge is 2.08. The van der Waals surface area contributed by atoms with Gasteiger partial charge in [-0.2, -0.15) is 0 Å². The summed E-state index contributed by atoms with van der Waals surface area (Å²) < 4.78 is 19.0. The zero-order valence-corrected chi connectivity index (χ0v) is 15.3. The van der Waals surface area contributed by atoms with E-state index in [2.05, 4.69) is 10.6 Å². The number of hydrogen-bond donors (Lipinski definition) is 2. The normalized spacial score (nSPS) is 10.2. The molecule has 8 heteroatoms. The van der Waals surface area contributed by atoms with Crippen LogP contribution in [0.3, 0.4) is 0 Å². The van der Waals surface area contributed by atoms with Crippen LogP contribution in [0.2, 0.25) is 10.0 Å². The summed E-state index contributed by atoms with van der Waals surface area (Å²) in [5.74, 6) is -0.241. The van der Waals surface area contributed by atoms with E-state index in [0.717, 1.165) is 0 Å². The van der Waals surface area contributed by atoms with E-state index >= 15 is 0 Å². The van der Waals surface area contributed by atoms with Gasteiger partial charge in [-0.05, 0) is 49.0 Å². The topological polar surface area (TPSA) is 50.4 Å². The molecule has 2 rings (SSSR count). The van der Waals surface area contributed by atoms with Gasteiger partial charge in [-0.15, -0.1) is 0 Å². The van der Waals surface area contributed by atoms with Crippen LogP contribution in [0, 0.1) is 5.82 Å². The van der Waals surface area contributed by atoms with Gasteiger partial charge in [-0.3, -0.25) is 4.79 Å². The summed E-state index contributed by atoms with van der Waals surface area (Å²) in [6, 6.07) is 11.0. The van der Waals surface area contributed by atoms with Crippen LogP contribution < -0.4 is 15.4 Å². The molecule has 0 spiro atoms. The number of anilines is 1. The van der Waals surface area contributed by atoms with E-state index in [0.29, 0.717) is 28.8 Å². The summed E-state index contributed by atoms with van der Waals surface area (Å²) in [7, 11) is 0. The van der Waals surface area contributed by atoms with Crippen LogP contribution >= 0.6 is 35.4 Å². The van der Waals surface area contributed by atoms with Crippen molar-refractivity contribution in [3.8, 4) is 5.75 Å². The molecule has 1 amide bonds. The van der Waals surface area contributed by atoms with Gasteiger partial charge in [0.2, 0.25) is 5.91 Å². The number of para-hydroxylation sites is 1. The fourth-order valence-electron chi connectivity index (χ4n) is 1.91. The second-order valence-electron chi connectivity index (χ2n) is 5.01. The first-order valence-electron chi connectivity index (χ1n) is 7.39. The Hall–Kier alpha value is -1.89. The number of nitrogens with one attached hydrogen (secondary N) is 2. The average molecular weight is 401 g/mol. The highest BCUT2D eigenvalue weighted by molar-refractivity contribution is 7.80. The Morgan fingerprint density at radius 1 is 1.20 bits per heavy atom. The third kappa shape index (κ3) is 6.49. The lowest BCUT2D eigenvalue weighted by atomic mass is 10.3. The second kappa shape index (κ2) is 9.56. The predicted octanol–water partition coefficient (Wildman–Crippen LogP) is 4.80. The highest BCUT2D eigenvalue weighted by atomic mass is 35.5. The van der Waals surface area contributed by atoms with Crippen LogP contribution in [0.1, 0.15) is 12.8 Å². The van der Waals surface area contributed by atoms with Crippen molar-refractivity contribution in [2.45, 2.75) is 12.8 Å². The van der Waals surface area contributed by atoms with E-state index in [1.807, 2.05) is 0 Å². The first-order chi connectivity index (χ1) is 12.0. The van der Waals surface area contributed by atoms with E-state index in [9.17, 15) is 9.18 Å². The van der Waals surface area contributed by atoms with Crippen molar-refractivity contribution in [1.82, 2.24) is 5.32 Å². The molecule has 0 saturated heterocycles. The lowest BCUT2D eigenvalue weighted by Crippen LogP contribution is -2.34. The molecule has 25 heavy (non-hydrogen) atoms. The minimum atomic E-state index is -0.452. The molecule has 2 aromatic rings. The molecule has 0 saturated carbocycles. The third-order valence-corrected chi connectivity index (χ3v) is 3.81. The monoisotopic (exact) mass is 400 g/mol. The number of carbonyl (C=O) groups excluding carboxylic acids is 1. The number of amides is 1. The lowest BCUT2D eigenvalue weighted by molar-refractivity contribution is -0.119. The Morgan fingerprint density at radius 2 is 1.96 bits per heavy atom. The van der Waals surface area contributed by atoms with Crippen molar-refractivity contribution in [1.29, 1.82) is 0 Å². The van der Waals surface area contributed by atoms with Crippen molar-refractivity contribution in [2.24, 2.45) is 0 Å². The van der Waals surface area contributed by atoms with Gasteiger partial charge in [0.25, 0.3) is 0 Å². The fraction of sp³-hybridized carbons (Fsp3) is 0.176. The van der Waals surface area contributed by atoms with Gasteiger partial charge in [-0.25, -0.2) is 4.39 Å². The van der Waals surface area contributed by atoms with Gasteiger partial charge >= 0.3 is 0 Å². The van der Waals surface area contributed by atoms with Crippen LogP contribution in [-0.2, 0) is 4.79 Å². The van der Waals surface area contributed by atoms with Crippen LogP contribution in [0.25, 0.3) is 0 Å². The van der Waals surface area contributed by atoms with E-state index in [-0.39, 0.29) is 23.1 Å². The predicted molar refractivity (Wildman–Crippen MR) is 102 cm³/mol. The van der Waals surface area contributed by atoms with E-state index in [1.54, 1.807) is 30.3 Å². The quantitative estimate of drug-likeness (QED) is 0.539. The highest BCUT2D eigenvalue weighted by Crippen LogP contribution is 2.27. The summed E-state index contributed by atoms with van der Waals surface area (Å²) >= 11 is 16.8. The first-order valence-corrected chi connectivity index (χ1v) is 8.55. The summed E-state index contributed by atoms with van der Waals surface area (Å²) in [5.41, 5.74) is 0.202. The molecule has 0 atom stereocenters. The van der Waals surface area contributed by atoms with Gasteiger partial charge in [0.05, 0.1) is 17.3 Å². The Labute approximate surface area is 160 Å². The van der Waals surface area contributed by atoms with Gasteiger partial charge in [-0.1, -0.05) is 35.3 Å². The third-order valence-electron chi connectivity index (χ3n) is 3.07. The Kier molecular flexibility index (Phi) is 7.43. The molecule has 0 aliphatic heterocycles. The number of benzene rings is 2. The second-order valence-corrected chi connectivity index (χ2v) is 6.26. The van der Waals surface area contributed by atoms with Crippen LogP contribution in [-0.4, -0.2) is 17.6 Å². The first kappa shape index (κ1) is 19.4. The van der Waals surface area contributed by atoms with Crippen molar-refractivity contribution in [3.63, 3.8) is 0 Å². The smallest absolute Gasteiger partial charge is 0.226 e. The zero-order chi connectivity index (χ0) is 18.2. The summed E-state index contributed by atoms with van der Waals surface area (Å²) in [6.07, 6.45) is 0.664. The van der Waals surface area contributed by atoms with E-state index in [1.165, 1.54) is 12.1 Å². The number of ether oxygens (including phenoxy) is 1. The van der Waals surface area contributed by atoms with Crippen molar-refractivity contribution >= 4 is 52.1 Å². The molecular formula is C17H15Cl2FN2O2S. The molecule has 2 N–H and O–H groups in total. The Morgan fingerprint density at radius 3 is 2.68 bits per heavy atom. The van der Waals surface area contributed by atoms with Crippen molar-refractivity contribution < 1.29 is 13.9 Å². The van der Waals surface area contributed by atoms with Crippen LogP contribution in [0.15, 0.2) is 42.5 Å². The Balaban J connectivity index is 1.70. The summed E-state index contributed by atoms with van der Waals surface area (Å²) in [6.45, 7) is 0.308.